The Hall–Kier alpha value is -5.00. The number of nitrogens with zero attached hydrogens (tertiary/aromatic N) is 4. The van der Waals surface area contributed by atoms with Crippen molar-refractivity contribution >= 4 is 43.5 Å². The summed E-state index contributed by atoms with van der Waals surface area (Å²) in [4.78, 5) is 18.4. The van der Waals surface area contributed by atoms with Crippen LogP contribution in [0.5, 0.6) is 0 Å². The maximum Gasteiger partial charge on any atom is 0.355 e. The summed E-state index contributed by atoms with van der Waals surface area (Å²) in [6, 6.07) is 27.8. The summed E-state index contributed by atoms with van der Waals surface area (Å²) in [6.45, 7) is 4.55. The summed E-state index contributed by atoms with van der Waals surface area (Å²) in [5.41, 5.74) is 10.2. The molecule has 0 radical (unpaired) electrons. The molecule has 10 nitrogen and oxygen atoms in total. The lowest BCUT2D eigenvalue weighted by Gasteiger charge is -2.16. The van der Waals surface area contributed by atoms with Crippen molar-refractivity contribution in [3.8, 4) is 0 Å². The highest BCUT2D eigenvalue weighted by Crippen LogP contribution is 2.29. The van der Waals surface area contributed by atoms with Gasteiger partial charge in [0, 0.05) is 29.9 Å². The van der Waals surface area contributed by atoms with Crippen LogP contribution in [-0.2, 0) is 40.2 Å². The number of ether oxygens (including phenoxy) is 1. The quantitative estimate of drug-likeness (QED) is 0.175. The summed E-state index contributed by atoms with van der Waals surface area (Å²) >= 11 is 0. The fraction of sp³-hybridized carbons (Fsp3) is 0.206. The highest BCUT2D eigenvalue weighted by molar-refractivity contribution is 7.91. The van der Waals surface area contributed by atoms with Gasteiger partial charge in [-0.3, -0.25) is 9.40 Å². The summed E-state index contributed by atoms with van der Waals surface area (Å²) in [5, 5.41) is 6.86. The molecule has 45 heavy (non-hydrogen) atoms. The number of pyridine rings is 1. The minimum atomic E-state index is -3.70. The monoisotopic (exact) mass is 622 g/mol. The summed E-state index contributed by atoms with van der Waals surface area (Å²) < 4.78 is 38.5. The minimum Gasteiger partial charge on any atom is -0.455 e. The van der Waals surface area contributed by atoms with E-state index in [-0.39, 0.29) is 31.5 Å². The number of hydrogen-bond acceptors (Lipinski definition) is 7. The number of carbonyl (C=O) groups excluding carboxylic acids is 1. The molecule has 0 unspecified atom stereocenters. The zero-order valence-corrected chi connectivity index (χ0v) is 25.9. The molecule has 230 valence electrons. The number of esters is 1. The topological polar surface area (TPSA) is 134 Å². The van der Waals surface area contributed by atoms with Crippen LogP contribution in [0.2, 0.25) is 0 Å². The van der Waals surface area contributed by atoms with E-state index < -0.39 is 16.0 Å². The molecule has 3 N–H and O–H groups in total. The predicted molar refractivity (Wildman–Crippen MR) is 175 cm³/mol. The van der Waals surface area contributed by atoms with Crippen molar-refractivity contribution in [1.82, 2.24) is 19.3 Å². The molecule has 0 spiro atoms. The second-order valence-corrected chi connectivity index (χ2v) is 12.9. The molecule has 0 fully saturated rings. The Kier molecular flexibility index (Phi) is 8.38. The molecule has 3 heterocycles. The van der Waals surface area contributed by atoms with Gasteiger partial charge in [-0.1, -0.05) is 54.6 Å². The maximum absolute atomic E-state index is 13.6. The average Bonchev–Trinajstić information content (AvgIpc) is 3.64. The number of aromatic nitrogens is 4. The van der Waals surface area contributed by atoms with Crippen LogP contribution in [0.1, 0.15) is 52.9 Å². The zero-order valence-electron chi connectivity index (χ0n) is 25.1. The second-order valence-electron chi connectivity index (χ2n) is 11.2. The molecule has 0 amide bonds. The number of hydrogen-bond donors (Lipinski definition) is 2. The molecule has 0 atom stereocenters. The van der Waals surface area contributed by atoms with Gasteiger partial charge in [-0.25, -0.2) is 18.2 Å². The van der Waals surface area contributed by atoms with Crippen LogP contribution in [0.25, 0.3) is 21.8 Å². The van der Waals surface area contributed by atoms with E-state index in [4.69, 9.17) is 15.5 Å². The summed E-state index contributed by atoms with van der Waals surface area (Å²) in [7, 11) is -3.70. The number of nitrogens with two attached hydrogens (primary N) is 1. The molecule has 6 rings (SSSR count). The van der Waals surface area contributed by atoms with Gasteiger partial charge in [0.1, 0.15) is 17.9 Å². The van der Waals surface area contributed by atoms with E-state index in [1.165, 1.54) is 0 Å². The number of benzene rings is 3. The highest BCUT2D eigenvalue weighted by Gasteiger charge is 2.21. The van der Waals surface area contributed by atoms with E-state index in [1.54, 1.807) is 35.0 Å². The molecule has 6 aromatic rings. The van der Waals surface area contributed by atoms with Crippen LogP contribution in [0.4, 0.5) is 5.69 Å². The van der Waals surface area contributed by atoms with E-state index >= 15 is 0 Å². The number of rotatable bonds is 11. The fourth-order valence-electron chi connectivity index (χ4n) is 5.50. The lowest BCUT2D eigenvalue weighted by molar-refractivity contribution is 0.0449. The Labute approximate surface area is 261 Å². The van der Waals surface area contributed by atoms with E-state index in [0.717, 1.165) is 27.4 Å². The lowest BCUT2D eigenvalue weighted by atomic mass is 10.0. The lowest BCUT2D eigenvalue weighted by Crippen LogP contribution is -2.17. The number of fused-ring (bicyclic) bond motifs is 2. The van der Waals surface area contributed by atoms with Crippen LogP contribution in [-0.4, -0.2) is 33.7 Å². The summed E-state index contributed by atoms with van der Waals surface area (Å²) in [5.74, 6) is -0.668. The largest absolute Gasteiger partial charge is 0.455 e. The Morgan fingerprint density at radius 1 is 0.956 bits per heavy atom. The Bertz CT molecular complexity index is 2100. The first-order valence-electron chi connectivity index (χ1n) is 14.7. The molecule has 0 aliphatic heterocycles. The number of anilines is 1. The molecular weight excluding hydrogens is 588 g/mol. The zero-order chi connectivity index (χ0) is 31.6. The number of nitrogens with one attached hydrogen (secondary N) is 1. The Morgan fingerprint density at radius 3 is 2.51 bits per heavy atom. The van der Waals surface area contributed by atoms with Gasteiger partial charge in [-0.05, 0) is 72.1 Å². The first kappa shape index (κ1) is 30.0. The van der Waals surface area contributed by atoms with Crippen molar-refractivity contribution in [3.05, 3.63) is 125 Å². The minimum absolute atomic E-state index is 0.0572. The standard InChI is InChI=1S/C34H34N6O4S/c1-23(2)40-30(14-15-36-40)21-44-34(41)32-18-26-12-13-28(19-35)37-33(26)39(32)20-27-17-29(16-25-10-6-7-11-31(25)27)38-45(42,43)22-24-8-4-3-5-9-24/h3-18,23,38H,19-22,35H2,1-2H3. The van der Waals surface area contributed by atoms with Gasteiger partial charge in [0.05, 0.1) is 23.7 Å². The van der Waals surface area contributed by atoms with E-state index in [9.17, 15) is 13.2 Å². The van der Waals surface area contributed by atoms with Crippen molar-refractivity contribution < 1.29 is 17.9 Å². The third kappa shape index (κ3) is 6.59. The molecule has 11 heteroatoms. The van der Waals surface area contributed by atoms with Crippen molar-refractivity contribution in [1.29, 1.82) is 0 Å². The predicted octanol–water partition coefficient (Wildman–Crippen LogP) is 5.77. The van der Waals surface area contributed by atoms with Crippen LogP contribution >= 0.6 is 0 Å². The Morgan fingerprint density at radius 2 is 1.73 bits per heavy atom. The van der Waals surface area contributed by atoms with Gasteiger partial charge >= 0.3 is 5.97 Å². The van der Waals surface area contributed by atoms with Gasteiger partial charge < -0.3 is 15.0 Å². The van der Waals surface area contributed by atoms with Crippen molar-refractivity contribution in [3.63, 3.8) is 0 Å². The van der Waals surface area contributed by atoms with E-state index in [2.05, 4.69) is 9.82 Å². The molecule has 0 bridgehead atoms. The fourth-order valence-corrected chi connectivity index (χ4v) is 6.68. The van der Waals surface area contributed by atoms with E-state index in [1.807, 2.05) is 85.3 Å². The van der Waals surface area contributed by atoms with Gasteiger partial charge in [0.25, 0.3) is 0 Å². The molecule has 0 saturated heterocycles. The molecule has 0 aliphatic rings. The molecule has 3 aromatic heterocycles. The Balaban J connectivity index is 1.38. The third-order valence-electron chi connectivity index (χ3n) is 7.56. The van der Waals surface area contributed by atoms with Crippen LogP contribution in [0.15, 0.2) is 97.2 Å². The van der Waals surface area contributed by atoms with Crippen molar-refractivity contribution in [2.24, 2.45) is 5.73 Å². The van der Waals surface area contributed by atoms with Crippen molar-refractivity contribution in [2.75, 3.05) is 4.72 Å². The normalized spacial score (nSPS) is 11.8. The van der Waals surface area contributed by atoms with Crippen molar-refractivity contribution in [2.45, 2.75) is 45.3 Å². The van der Waals surface area contributed by atoms with Gasteiger partial charge in [0.15, 0.2) is 0 Å². The number of sulfonamides is 1. The summed E-state index contributed by atoms with van der Waals surface area (Å²) in [6.07, 6.45) is 1.69. The number of carbonyl (C=O) groups is 1. The molecule has 3 aromatic carbocycles. The van der Waals surface area contributed by atoms with Gasteiger partial charge in [-0.15, -0.1) is 0 Å². The molecular formula is C34H34N6O4S. The van der Waals surface area contributed by atoms with Crippen LogP contribution in [0.3, 0.4) is 0 Å². The van der Waals surface area contributed by atoms with Gasteiger partial charge in [0.2, 0.25) is 10.0 Å². The first-order valence-corrected chi connectivity index (χ1v) is 16.3. The highest BCUT2D eigenvalue weighted by atomic mass is 32.2. The maximum atomic E-state index is 13.6. The van der Waals surface area contributed by atoms with E-state index in [0.29, 0.717) is 28.3 Å². The van der Waals surface area contributed by atoms with Gasteiger partial charge in [-0.2, -0.15) is 5.10 Å². The SMILES string of the molecule is CC(C)n1nccc1COC(=O)c1cc2ccc(CN)nc2n1Cc1cc(NS(=O)(=O)Cc2ccccc2)cc2ccccc12. The molecule has 0 aliphatic carbocycles. The first-order chi connectivity index (χ1) is 21.7. The van der Waals surface area contributed by atoms with Crippen LogP contribution < -0.4 is 10.5 Å². The average molecular weight is 623 g/mol. The smallest absolute Gasteiger partial charge is 0.355 e. The second kappa shape index (κ2) is 12.5. The third-order valence-corrected chi connectivity index (χ3v) is 8.82. The molecule has 0 saturated carbocycles. The van der Waals surface area contributed by atoms with Crippen LogP contribution in [0, 0.1) is 0 Å².